The van der Waals surface area contributed by atoms with Crippen LogP contribution in [-0.2, 0) is 43.6 Å². The number of aromatic amines is 3. The van der Waals surface area contributed by atoms with Crippen LogP contribution in [0.3, 0.4) is 0 Å². The van der Waals surface area contributed by atoms with E-state index in [2.05, 4.69) is 106 Å². The molecule has 6 aromatic heterocycles. The summed E-state index contributed by atoms with van der Waals surface area (Å²) in [5.41, 5.74) is 9.73. The number of carboxylic acid groups (broad SMARTS) is 5. The number of nitrogens with two attached hydrogens (primary N) is 1. The summed E-state index contributed by atoms with van der Waals surface area (Å²) in [5, 5.41) is 61.7. The number of nitrogens with zero attached hydrogens (tertiary/aromatic N) is 9. The Morgan fingerprint density at radius 3 is 1.14 bits per heavy atom. The summed E-state index contributed by atoms with van der Waals surface area (Å²) in [6, 6.07) is 15.6. The van der Waals surface area contributed by atoms with Gasteiger partial charge >= 0.3 is 29.8 Å². The van der Waals surface area contributed by atoms with Crippen LogP contribution in [0.15, 0.2) is 106 Å². The molecule has 0 bridgehead atoms. The molecular weight excluding hydrogens is 1290 g/mol. The molecule has 3 unspecified atom stereocenters. The van der Waals surface area contributed by atoms with E-state index < -0.39 is 71.3 Å². The third-order valence-electron chi connectivity index (χ3n) is 14.3. The number of anilines is 4. The van der Waals surface area contributed by atoms with Gasteiger partial charge in [0, 0.05) is 52.5 Å². The van der Waals surface area contributed by atoms with Crippen molar-refractivity contribution in [2.24, 2.45) is 5.92 Å². The van der Waals surface area contributed by atoms with E-state index in [1.54, 1.807) is 55.5 Å². The van der Waals surface area contributed by atoms with Crippen LogP contribution in [0.4, 0.5) is 23.0 Å². The summed E-state index contributed by atoms with van der Waals surface area (Å²) in [6.45, 7) is 10.4. The molecule has 35 nitrogen and oxygen atoms in total. The van der Waals surface area contributed by atoms with E-state index in [4.69, 9.17) is 21.1 Å². The van der Waals surface area contributed by atoms with Crippen molar-refractivity contribution in [3.05, 3.63) is 168 Å². The fourth-order valence-corrected chi connectivity index (χ4v) is 9.09. The number of H-pyrrole nitrogens is 3. The summed E-state index contributed by atoms with van der Waals surface area (Å²) in [6.07, 6.45) is 5.35. The highest BCUT2D eigenvalue weighted by Gasteiger charge is 2.25. The van der Waals surface area contributed by atoms with Crippen LogP contribution in [-0.4, -0.2) is 151 Å². The number of amides is 3. The van der Waals surface area contributed by atoms with Gasteiger partial charge in [-0.2, -0.15) is 4.98 Å². The Hall–Kier alpha value is -12.7. The molecule has 0 saturated heterocycles. The number of aromatic nitrogens is 12. The minimum Gasteiger partial charge on any atom is -0.481 e. The van der Waals surface area contributed by atoms with Crippen molar-refractivity contribution in [1.29, 1.82) is 0 Å². The molecule has 0 saturated carbocycles. The van der Waals surface area contributed by atoms with Gasteiger partial charge < -0.3 is 73.1 Å². The van der Waals surface area contributed by atoms with Crippen molar-refractivity contribution in [3.63, 3.8) is 0 Å². The molecule has 0 radical (unpaired) electrons. The van der Waals surface area contributed by atoms with Crippen molar-refractivity contribution in [1.82, 2.24) is 75.8 Å². The van der Waals surface area contributed by atoms with Gasteiger partial charge in [0.2, 0.25) is 5.95 Å². The Morgan fingerprint density at radius 2 is 0.788 bits per heavy atom. The van der Waals surface area contributed by atoms with Gasteiger partial charge in [-0.05, 0) is 105 Å². The second-order valence-electron chi connectivity index (χ2n) is 22.9. The van der Waals surface area contributed by atoms with Crippen LogP contribution >= 0.6 is 0 Å². The normalized spacial score (nSPS) is 11.8. The molecule has 99 heavy (non-hydrogen) atoms. The lowest BCUT2D eigenvalue weighted by atomic mass is 10.0. The SMILES string of the molecule is CC(C)CCCC(NC(=O)c1ccc(NCc2cnc3nc(N)[nH]c(=O)c3n2)cc1)C(=O)O.CC(C)c1nc2ncc(CNc3ccc(C(=O)NC(CCC(=O)O)C(=O)O)cc3)nc2c(=O)[nH]1.Cc1nc2ncc(CNc3ccc(C(=O)NC(CCC(=O)O)C(=O)O)cc3)nc2c(=O)[nH]1. The van der Waals surface area contributed by atoms with Gasteiger partial charge in [0.1, 0.15) is 29.8 Å². The number of benzene rings is 3. The third-order valence-corrected chi connectivity index (χ3v) is 14.3. The minimum absolute atomic E-state index is 0.0259. The first-order valence-corrected chi connectivity index (χ1v) is 30.7. The van der Waals surface area contributed by atoms with Gasteiger partial charge in [-0.1, -0.05) is 40.5 Å². The molecule has 0 aliphatic heterocycles. The molecule has 0 fully saturated rings. The van der Waals surface area contributed by atoms with Crippen LogP contribution in [0.5, 0.6) is 0 Å². The Bertz CT molecular complexity index is 4610. The Morgan fingerprint density at radius 1 is 0.444 bits per heavy atom. The highest BCUT2D eigenvalue weighted by Crippen LogP contribution is 2.18. The lowest BCUT2D eigenvalue weighted by Crippen LogP contribution is -2.41. The molecule has 3 amide bonds. The predicted molar refractivity (Wildman–Crippen MR) is 358 cm³/mol. The first-order valence-electron chi connectivity index (χ1n) is 30.7. The van der Waals surface area contributed by atoms with Gasteiger partial charge in [0.25, 0.3) is 34.4 Å². The molecule has 0 spiro atoms. The maximum atomic E-state index is 12.5. The zero-order valence-corrected chi connectivity index (χ0v) is 53.9. The smallest absolute Gasteiger partial charge is 0.326 e. The Kier molecular flexibility index (Phi) is 25.8. The Labute approximate surface area is 560 Å². The first-order chi connectivity index (χ1) is 47.1. The average molecular weight is 1360 g/mol. The number of aryl methyl sites for hydroxylation is 1. The standard InChI is InChI=1S/C22H27N7O4.C22H24N6O6.C20H20N6O6/c1-12(2)4-3-5-16(21(32)33)27-19(30)13-6-8-14(9-7-13)24-10-15-11-25-18-17(26-15)20(31)29-22(23)28-18;1-11(2)18-27-19-17(21(32)28-18)25-14(10-24-19)9-23-13-5-3-12(4-6-13)20(31)26-15(22(33)34)7-8-16(29)30;1-10-23-17-16(19(30)24-10)25-13(9-22-17)8-21-12-4-2-11(3-5-12)18(29)26-14(20(31)32)6-7-15(27)28/h6-9,11-12,16,24H,3-5,10H2,1-2H3,(H,27,30)(H,32,33)(H3,23,25,28,29,31);3-6,10-11,15,23H,7-9H2,1-2H3,(H,26,31)(H,29,30)(H,33,34)(H,24,27,28,32);2-5,9,14,21H,6-8H2,1H3,(H,26,29)(H,27,28)(H,31,32)(H,22,23,24,30). The number of carbonyl (C=O) groups is 8. The topological polar surface area (TPSA) is 550 Å². The van der Waals surface area contributed by atoms with Crippen molar-refractivity contribution < 1.29 is 63.9 Å². The minimum atomic E-state index is -1.31. The molecule has 35 heteroatoms. The van der Waals surface area contributed by atoms with Crippen molar-refractivity contribution in [2.75, 3.05) is 21.7 Å². The lowest BCUT2D eigenvalue weighted by Gasteiger charge is -2.15. The molecule has 518 valence electrons. The molecule has 16 N–H and O–H groups in total. The molecule has 6 heterocycles. The van der Waals surface area contributed by atoms with E-state index in [0.717, 1.165) is 12.8 Å². The molecular formula is C64H71N19O16. The highest BCUT2D eigenvalue weighted by molar-refractivity contribution is 5.98. The maximum Gasteiger partial charge on any atom is 0.326 e. The zero-order chi connectivity index (χ0) is 72.0. The van der Waals surface area contributed by atoms with Gasteiger partial charge in [-0.25, -0.2) is 54.3 Å². The van der Waals surface area contributed by atoms with Gasteiger partial charge in [-0.3, -0.25) is 43.3 Å². The van der Waals surface area contributed by atoms with E-state index in [9.17, 15) is 63.0 Å². The van der Waals surface area contributed by atoms with Gasteiger partial charge in [-0.15, -0.1) is 0 Å². The number of fused-ring (bicyclic) bond motifs is 3. The largest absolute Gasteiger partial charge is 0.481 e. The maximum absolute atomic E-state index is 12.5. The molecule has 3 aromatic carbocycles. The molecule has 9 aromatic rings. The summed E-state index contributed by atoms with van der Waals surface area (Å²) < 4.78 is 0. The van der Waals surface area contributed by atoms with Crippen molar-refractivity contribution in [3.8, 4) is 0 Å². The van der Waals surface area contributed by atoms with E-state index in [0.29, 0.717) is 63.7 Å². The monoisotopic (exact) mass is 1360 g/mol. The number of nitrogen functional groups attached to an aromatic ring is 1. The number of carbonyl (C=O) groups excluding carboxylic acids is 3. The lowest BCUT2D eigenvalue weighted by molar-refractivity contribution is -0.142. The second-order valence-corrected chi connectivity index (χ2v) is 22.9. The fourth-order valence-electron chi connectivity index (χ4n) is 9.09. The van der Waals surface area contributed by atoms with Crippen LogP contribution < -0.4 is 54.3 Å². The third kappa shape index (κ3) is 22.2. The number of aliphatic carboxylic acids is 5. The number of hydrogen-bond acceptors (Lipinski definition) is 24. The van der Waals surface area contributed by atoms with E-state index >= 15 is 0 Å². The average Bonchev–Trinajstić information content (AvgIpc) is 0.821. The van der Waals surface area contributed by atoms with Crippen molar-refractivity contribution in [2.45, 2.75) is 123 Å². The Balaban J connectivity index is 0.000000209. The van der Waals surface area contributed by atoms with Crippen LogP contribution in [0.25, 0.3) is 33.5 Å². The van der Waals surface area contributed by atoms with Crippen LogP contribution in [0, 0.1) is 12.8 Å². The quantitative estimate of drug-likeness (QED) is 0.0314. The zero-order valence-electron chi connectivity index (χ0n) is 53.9. The summed E-state index contributed by atoms with van der Waals surface area (Å²) >= 11 is 0. The van der Waals surface area contributed by atoms with Crippen molar-refractivity contribution >= 4 is 104 Å². The van der Waals surface area contributed by atoms with E-state index in [1.807, 2.05) is 13.8 Å². The highest BCUT2D eigenvalue weighted by atomic mass is 16.4. The summed E-state index contributed by atoms with van der Waals surface area (Å²) in [5.74, 6) is -6.16. The molecule has 0 aliphatic rings. The van der Waals surface area contributed by atoms with E-state index in [1.165, 1.54) is 42.9 Å². The summed E-state index contributed by atoms with van der Waals surface area (Å²) in [7, 11) is 0. The van der Waals surface area contributed by atoms with Crippen LogP contribution in [0.1, 0.15) is 138 Å². The van der Waals surface area contributed by atoms with Gasteiger partial charge in [0.05, 0.1) is 55.3 Å². The van der Waals surface area contributed by atoms with E-state index in [-0.39, 0.29) is 113 Å². The number of rotatable bonds is 29. The van der Waals surface area contributed by atoms with Gasteiger partial charge in [0.15, 0.2) is 33.5 Å². The predicted octanol–water partition coefficient (Wildman–Crippen LogP) is 4.09. The van der Waals surface area contributed by atoms with Crippen LogP contribution in [0.2, 0.25) is 0 Å². The summed E-state index contributed by atoms with van der Waals surface area (Å²) in [4.78, 5) is 174. The number of carboxylic acids is 5. The molecule has 3 atom stereocenters. The second kappa shape index (κ2) is 34.6. The first kappa shape index (κ1) is 73.7. The molecule has 9 rings (SSSR count). The number of nitrogens with one attached hydrogen (secondary N) is 9. The fraction of sp³-hybridized carbons (Fsp3) is 0.312. The number of hydrogen-bond donors (Lipinski definition) is 15. The molecule has 0 aliphatic carbocycles.